The largest absolute Gasteiger partial charge is 0.379 e. The van der Waals surface area contributed by atoms with Crippen LogP contribution in [0.1, 0.15) is 59.8 Å². The second kappa shape index (κ2) is 7.41. The van der Waals surface area contributed by atoms with Crippen LogP contribution in [-0.4, -0.2) is 31.7 Å². The molecule has 0 bridgehead atoms. The number of hydrogen-bond donors (Lipinski definition) is 0. The molecule has 19 heavy (non-hydrogen) atoms. The highest BCUT2D eigenvalue weighted by Crippen LogP contribution is 2.25. The Kier molecular flexibility index (Phi) is 6.51. The summed E-state index contributed by atoms with van der Waals surface area (Å²) in [6, 6.07) is 0. The summed E-state index contributed by atoms with van der Waals surface area (Å²) in [4.78, 5) is 0. The third-order valence-corrected chi connectivity index (χ3v) is 3.89. The molecule has 112 valence electrons. The fraction of sp³-hybridized carbons (Fsp3) is 0.875. The van der Waals surface area contributed by atoms with Crippen LogP contribution < -0.4 is 0 Å². The monoisotopic (exact) mass is 270 g/mol. The standard InChI is InChI=1S/C16H30O3/c1-14(8-6-10-15(2,3)17-5)9-7-11-16(4)18-12-13-19-16/h9H,6-8,10-13H2,1-5H3/b14-9+. The zero-order valence-electron chi connectivity index (χ0n) is 13.3. The molecule has 0 aromatic rings. The van der Waals surface area contributed by atoms with E-state index in [0.717, 1.165) is 38.9 Å². The molecule has 1 aliphatic rings. The van der Waals surface area contributed by atoms with Crippen LogP contribution in [0.15, 0.2) is 11.6 Å². The number of rotatable bonds is 8. The summed E-state index contributed by atoms with van der Waals surface area (Å²) in [6.45, 7) is 9.97. The SMILES string of the molecule is COC(C)(C)CCC/C(C)=C/CCC1(C)OCCO1. The van der Waals surface area contributed by atoms with Crippen molar-refractivity contribution in [1.82, 2.24) is 0 Å². The Morgan fingerprint density at radius 1 is 1.32 bits per heavy atom. The Morgan fingerprint density at radius 3 is 2.53 bits per heavy atom. The van der Waals surface area contributed by atoms with Crippen LogP contribution >= 0.6 is 0 Å². The van der Waals surface area contributed by atoms with Crippen LogP contribution in [0.4, 0.5) is 0 Å². The lowest BCUT2D eigenvalue weighted by Gasteiger charge is -2.22. The number of methoxy groups -OCH3 is 1. The van der Waals surface area contributed by atoms with Gasteiger partial charge < -0.3 is 14.2 Å². The van der Waals surface area contributed by atoms with Crippen LogP contribution in [0.5, 0.6) is 0 Å². The van der Waals surface area contributed by atoms with Gasteiger partial charge in [-0.15, -0.1) is 0 Å². The minimum atomic E-state index is -0.352. The van der Waals surface area contributed by atoms with Crippen LogP contribution in [0.2, 0.25) is 0 Å². The van der Waals surface area contributed by atoms with E-state index in [2.05, 4.69) is 26.8 Å². The molecule has 0 aromatic carbocycles. The first-order valence-corrected chi connectivity index (χ1v) is 7.36. The third-order valence-electron chi connectivity index (χ3n) is 3.89. The zero-order valence-corrected chi connectivity index (χ0v) is 13.3. The van der Waals surface area contributed by atoms with Gasteiger partial charge in [0.15, 0.2) is 5.79 Å². The van der Waals surface area contributed by atoms with E-state index in [1.807, 2.05) is 6.92 Å². The van der Waals surface area contributed by atoms with E-state index in [4.69, 9.17) is 14.2 Å². The summed E-state index contributed by atoms with van der Waals surface area (Å²) in [5.74, 6) is -0.352. The van der Waals surface area contributed by atoms with E-state index in [1.54, 1.807) is 7.11 Å². The minimum Gasteiger partial charge on any atom is -0.379 e. The predicted octanol–water partition coefficient (Wildman–Crippen LogP) is 4.07. The molecule has 0 N–H and O–H groups in total. The Balaban J connectivity index is 2.18. The number of hydrogen-bond acceptors (Lipinski definition) is 3. The van der Waals surface area contributed by atoms with Crippen molar-refractivity contribution in [1.29, 1.82) is 0 Å². The van der Waals surface area contributed by atoms with Crippen LogP contribution in [0, 0.1) is 0 Å². The van der Waals surface area contributed by atoms with Gasteiger partial charge in [-0.3, -0.25) is 0 Å². The molecule has 1 heterocycles. The maximum absolute atomic E-state index is 5.59. The average molecular weight is 270 g/mol. The number of ether oxygens (including phenoxy) is 3. The second-order valence-electron chi connectivity index (χ2n) is 6.24. The first-order valence-electron chi connectivity index (χ1n) is 7.36. The third kappa shape index (κ3) is 6.55. The average Bonchev–Trinajstić information content (AvgIpc) is 2.76. The van der Waals surface area contributed by atoms with Gasteiger partial charge in [-0.1, -0.05) is 11.6 Å². The summed E-state index contributed by atoms with van der Waals surface area (Å²) in [5, 5.41) is 0. The molecule has 0 aliphatic carbocycles. The summed E-state index contributed by atoms with van der Waals surface area (Å²) in [6.07, 6.45) is 7.69. The van der Waals surface area contributed by atoms with Crippen LogP contribution in [0.3, 0.4) is 0 Å². The maximum atomic E-state index is 5.59. The van der Waals surface area contributed by atoms with E-state index >= 15 is 0 Å². The quantitative estimate of drug-likeness (QED) is 0.622. The molecular formula is C16H30O3. The first kappa shape index (κ1) is 16.7. The molecule has 0 radical (unpaired) electrons. The van der Waals surface area contributed by atoms with Crippen molar-refractivity contribution in [3.63, 3.8) is 0 Å². The second-order valence-corrected chi connectivity index (χ2v) is 6.24. The molecule has 1 aliphatic heterocycles. The van der Waals surface area contributed by atoms with Crippen molar-refractivity contribution in [3.05, 3.63) is 11.6 Å². The molecule has 0 saturated carbocycles. The van der Waals surface area contributed by atoms with Crippen molar-refractivity contribution in [3.8, 4) is 0 Å². The molecule has 0 atom stereocenters. The van der Waals surface area contributed by atoms with E-state index in [9.17, 15) is 0 Å². The van der Waals surface area contributed by atoms with Gasteiger partial charge in [-0.25, -0.2) is 0 Å². The molecule has 1 fully saturated rings. The van der Waals surface area contributed by atoms with E-state index in [1.165, 1.54) is 12.0 Å². The van der Waals surface area contributed by atoms with Gasteiger partial charge in [-0.05, 0) is 53.4 Å². The lowest BCUT2D eigenvalue weighted by Crippen LogP contribution is -2.24. The van der Waals surface area contributed by atoms with E-state index in [-0.39, 0.29) is 11.4 Å². The lowest BCUT2D eigenvalue weighted by molar-refractivity contribution is -0.145. The van der Waals surface area contributed by atoms with Crippen molar-refractivity contribution in [2.75, 3.05) is 20.3 Å². The molecule has 0 amide bonds. The summed E-state index contributed by atoms with van der Waals surface area (Å²) in [5.41, 5.74) is 1.45. The van der Waals surface area contributed by atoms with Gasteiger partial charge in [0, 0.05) is 13.5 Å². The summed E-state index contributed by atoms with van der Waals surface area (Å²) < 4.78 is 16.6. The molecule has 0 spiro atoms. The normalized spacial score (nSPS) is 19.9. The maximum Gasteiger partial charge on any atom is 0.166 e. The zero-order chi connectivity index (χ0) is 14.4. The Hall–Kier alpha value is -0.380. The van der Waals surface area contributed by atoms with Crippen molar-refractivity contribution in [2.45, 2.75) is 71.2 Å². The van der Waals surface area contributed by atoms with Gasteiger partial charge in [0.2, 0.25) is 0 Å². The first-order chi connectivity index (χ1) is 8.87. The molecule has 3 heteroatoms. The van der Waals surface area contributed by atoms with E-state index in [0.29, 0.717) is 0 Å². The van der Waals surface area contributed by atoms with Gasteiger partial charge >= 0.3 is 0 Å². The van der Waals surface area contributed by atoms with Gasteiger partial charge in [-0.2, -0.15) is 0 Å². The van der Waals surface area contributed by atoms with Gasteiger partial charge in [0.25, 0.3) is 0 Å². The smallest absolute Gasteiger partial charge is 0.166 e. The highest BCUT2D eigenvalue weighted by atomic mass is 16.7. The fourth-order valence-corrected chi connectivity index (χ4v) is 2.28. The Morgan fingerprint density at radius 2 is 1.95 bits per heavy atom. The van der Waals surface area contributed by atoms with Gasteiger partial charge in [0.1, 0.15) is 0 Å². The molecule has 0 aromatic heterocycles. The van der Waals surface area contributed by atoms with Crippen LogP contribution in [0.25, 0.3) is 0 Å². The Bertz CT molecular complexity index is 288. The van der Waals surface area contributed by atoms with Crippen molar-refractivity contribution >= 4 is 0 Å². The molecule has 3 nitrogen and oxygen atoms in total. The topological polar surface area (TPSA) is 27.7 Å². The van der Waals surface area contributed by atoms with Crippen LogP contribution in [-0.2, 0) is 14.2 Å². The minimum absolute atomic E-state index is 0.000710. The highest BCUT2D eigenvalue weighted by Gasteiger charge is 2.29. The van der Waals surface area contributed by atoms with E-state index < -0.39 is 0 Å². The fourth-order valence-electron chi connectivity index (χ4n) is 2.28. The van der Waals surface area contributed by atoms with Crippen molar-refractivity contribution in [2.24, 2.45) is 0 Å². The molecule has 1 rings (SSSR count). The molecule has 0 unspecified atom stereocenters. The summed E-state index contributed by atoms with van der Waals surface area (Å²) in [7, 11) is 1.78. The van der Waals surface area contributed by atoms with Crippen molar-refractivity contribution < 1.29 is 14.2 Å². The van der Waals surface area contributed by atoms with Gasteiger partial charge in [0.05, 0.1) is 18.8 Å². The lowest BCUT2D eigenvalue weighted by atomic mass is 9.98. The number of allylic oxidation sites excluding steroid dienone is 2. The Labute approximate surface area is 118 Å². The highest BCUT2D eigenvalue weighted by molar-refractivity contribution is 4.98. The molecular weight excluding hydrogens is 240 g/mol. The summed E-state index contributed by atoms with van der Waals surface area (Å²) >= 11 is 0. The predicted molar refractivity (Wildman–Crippen MR) is 78.2 cm³/mol. The molecule has 1 saturated heterocycles.